The Morgan fingerprint density at radius 3 is 2.38 bits per heavy atom. The quantitative estimate of drug-likeness (QED) is 0.502. The average molecular weight is 285 g/mol. The molecule has 0 aliphatic rings. The molecule has 0 saturated carbocycles. The van der Waals surface area contributed by atoms with Gasteiger partial charge in [0.05, 0.1) is 4.92 Å². The third-order valence-electron chi connectivity index (χ3n) is 3.39. The van der Waals surface area contributed by atoms with Gasteiger partial charge in [-0.1, -0.05) is 43.3 Å². The second-order valence-electron chi connectivity index (χ2n) is 4.94. The fourth-order valence-electron chi connectivity index (χ4n) is 2.23. The normalized spacial score (nSPS) is 10.8. The van der Waals surface area contributed by atoms with Crippen molar-refractivity contribution in [3.05, 3.63) is 69.8 Å². The molecule has 0 radical (unpaired) electrons. The Labute approximate surface area is 124 Å². The highest BCUT2D eigenvalue weighted by atomic mass is 16.6. The van der Waals surface area contributed by atoms with Crippen LogP contribution in [0.1, 0.15) is 18.1 Å². The molecule has 2 N–H and O–H groups in total. The van der Waals surface area contributed by atoms with E-state index in [1.54, 1.807) is 12.1 Å². The number of anilines is 1. The Morgan fingerprint density at radius 2 is 1.76 bits per heavy atom. The molecule has 0 aromatic heterocycles. The predicted octanol–water partition coefficient (Wildman–Crippen LogP) is 3.20. The molecule has 0 unspecified atom stereocenters. The number of rotatable bonds is 6. The van der Waals surface area contributed by atoms with Crippen molar-refractivity contribution >= 4 is 11.4 Å². The molecule has 5 heteroatoms. The highest BCUT2D eigenvalue weighted by molar-refractivity contribution is 5.59. The monoisotopic (exact) mass is 285 g/mol. The van der Waals surface area contributed by atoms with Gasteiger partial charge in [0.2, 0.25) is 0 Å². The first-order valence-electron chi connectivity index (χ1n) is 6.89. The molecule has 2 aromatic rings. The second-order valence-corrected chi connectivity index (χ2v) is 4.94. The number of benzene rings is 2. The topological polar surface area (TPSA) is 72.4 Å². The number of nitrogens with zero attached hydrogens (tertiary/aromatic N) is 2. The number of nitrogens with two attached hydrogens (primary N) is 1. The molecule has 0 aliphatic carbocycles. The standard InChI is InChI=1S/C16H19N3O2/c1-2-18(11-13-6-4-3-5-7-13)12-14-8-9-15(17)16(10-14)19(20)21/h3-10H,2,11-12,17H2,1H3. The van der Waals surface area contributed by atoms with Crippen molar-refractivity contribution in [3.8, 4) is 0 Å². The van der Waals surface area contributed by atoms with Crippen molar-refractivity contribution in [1.29, 1.82) is 0 Å². The summed E-state index contributed by atoms with van der Waals surface area (Å²) in [6.45, 7) is 4.42. The minimum absolute atomic E-state index is 0.0248. The summed E-state index contributed by atoms with van der Waals surface area (Å²) >= 11 is 0. The van der Waals surface area contributed by atoms with Crippen LogP contribution in [0, 0.1) is 10.1 Å². The molecule has 5 nitrogen and oxygen atoms in total. The Balaban J connectivity index is 2.11. The molecule has 0 bridgehead atoms. The van der Waals surface area contributed by atoms with Crippen LogP contribution in [-0.4, -0.2) is 16.4 Å². The molecule has 0 atom stereocenters. The van der Waals surface area contributed by atoms with Gasteiger partial charge in [-0.05, 0) is 23.7 Å². The molecule has 0 saturated heterocycles. The fraction of sp³-hybridized carbons (Fsp3) is 0.250. The van der Waals surface area contributed by atoms with Crippen LogP contribution in [0.3, 0.4) is 0 Å². The highest BCUT2D eigenvalue weighted by Gasteiger charge is 2.13. The molecular weight excluding hydrogens is 266 g/mol. The summed E-state index contributed by atoms with van der Waals surface area (Å²) in [6, 6.07) is 15.2. The van der Waals surface area contributed by atoms with Crippen molar-refractivity contribution in [1.82, 2.24) is 4.90 Å². The Morgan fingerprint density at radius 1 is 1.10 bits per heavy atom. The van der Waals surface area contributed by atoms with Gasteiger partial charge in [0, 0.05) is 19.2 Å². The van der Waals surface area contributed by atoms with Crippen LogP contribution >= 0.6 is 0 Å². The Kier molecular flexibility index (Phi) is 4.90. The van der Waals surface area contributed by atoms with E-state index in [1.807, 2.05) is 24.3 Å². The van der Waals surface area contributed by atoms with Gasteiger partial charge >= 0.3 is 0 Å². The minimum Gasteiger partial charge on any atom is -0.393 e. The molecule has 0 aliphatic heterocycles. The SMILES string of the molecule is CCN(Cc1ccccc1)Cc1ccc(N)c([N+](=O)[O-])c1. The van der Waals surface area contributed by atoms with E-state index in [4.69, 9.17) is 5.73 Å². The van der Waals surface area contributed by atoms with E-state index in [1.165, 1.54) is 5.56 Å². The lowest BCUT2D eigenvalue weighted by Gasteiger charge is -2.20. The van der Waals surface area contributed by atoms with E-state index in [9.17, 15) is 10.1 Å². The van der Waals surface area contributed by atoms with Crippen LogP contribution in [0.4, 0.5) is 11.4 Å². The zero-order chi connectivity index (χ0) is 15.2. The van der Waals surface area contributed by atoms with Crippen molar-refractivity contribution < 1.29 is 4.92 Å². The van der Waals surface area contributed by atoms with Gasteiger partial charge in [-0.25, -0.2) is 0 Å². The van der Waals surface area contributed by atoms with Gasteiger partial charge in [0.15, 0.2) is 0 Å². The zero-order valence-electron chi connectivity index (χ0n) is 12.0. The van der Waals surface area contributed by atoms with E-state index in [0.29, 0.717) is 6.54 Å². The van der Waals surface area contributed by atoms with E-state index in [0.717, 1.165) is 18.7 Å². The van der Waals surface area contributed by atoms with Gasteiger partial charge in [-0.3, -0.25) is 15.0 Å². The molecule has 110 valence electrons. The minimum atomic E-state index is -0.438. The lowest BCUT2D eigenvalue weighted by Crippen LogP contribution is -2.22. The average Bonchev–Trinajstić information content (AvgIpc) is 2.49. The molecular formula is C16H19N3O2. The summed E-state index contributed by atoms with van der Waals surface area (Å²) in [5.74, 6) is 0. The van der Waals surface area contributed by atoms with Gasteiger partial charge in [-0.2, -0.15) is 0 Å². The summed E-state index contributed by atoms with van der Waals surface area (Å²) in [5, 5.41) is 10.9. The van der Waals surface area contributed by atoms with Gasteiger partial charge in [-0.15, -0.1) is 0 Å². The number of nitro groups is 1. The third kappa shape index (κ3) is 4.03. The molecule has 0 fully saturated rings. The van der Waals surface area contributed by atoms with Crippen molar-refractivity contribution in [2.24, 2.45) is 0 Å². The molecule has 0 heterocycles. The molecule has 0 spiro atoms. The summed E-state index contributed by atoms with van der Waals surface area (Å²) in [7, 11) is 0. The van der Waals surface area contributed by atoms with E-state index in [2.05, 4.69) is 24.0 Å². The van der Waals surface area contributed by atoms with Crippen LogP contribution in [0.2, 0.25) is 0 Å². The van der Waals surface area contributed by atoms with Crippen LogP contribution in [-0.2, 0) is 13.1 Å². The van der Waals surface area contributed by atoms with Crippen molar-refractivity contribution in [2.45, 2.75) is 20.0 Å². The molecule has 2 rings (SSSR count). The van der Waals surface area contributed by atoms with Gasteiger partial charge in [0.25, 0.3) is 5.69 Å². The fourth-order valence-corrected chi connectivity index (χ4v) is 2.23. The van der Waals surface area contributed by atoms with Crippen LogP contribution in [0.15, 0.2) is 48.5 Å². The molecule has 0 amide bonds. The highest BCUT2D eigenvalue weighted by Crippen LogP contribution is 2.23. The van der Waals surface area contributed by atoms with E-state index < -0.39 is 4.92 Å². The van der Waals surface area contributed by atoms with Gasteiger partial charge < -0.3 is 5.73 Å². The summed E-state index contributed by atoms with van der Waals surface area (Å²) < 4.78 is 0. The van der Waals surface area contributed by atoms with Crippen molar-refractivity contribution in [3.63, 3.8) is 0 Å². The number of nitrogen functional groups attached to an aromatic ring is 1. The zero-order valence-corrected chi connectivity index (χ0v) is 12.0. The van der Waals surface area contributed by atoms with Crippen LogP contribution in [0.25, 0.3) is 0 Å². The first-order valence-corrected chi connectivity index (χ1v) is 6.89. The number of hydrogen-bond acceptors (Lipinski definition) is 4. The maximum absolute atomic E-state index is 10.9. The smallest absolute Gasteiger partial charge is 0.292 e. The lowest BCUT2D eigenvalue weighted by molar-refractivity contribution is -0.384. The van der Waals surface area contributed by atoms with Crippen LogP contribution in [0.5, 0.6) is 0 Å². The summed E-state index contributed by atoms with van der Waals surface area (Å²) in [4.78, 5) is 12.7. The number of nitro benzene ring substituents is 1. The summed E-state index contributed by atoms with van der Waals surface area (Å²) in [5.41, 5.74) is 7.92. The van der Waals surface area contributed by atoms with Gasteiger partial charge in [0.1, 0.15) is 5.69 Å². The van der Waals surface area contributed by atoms with Crippen LogP contribution < -0.4 is 5.73 Å². The summed E-state index contributed by atoms with van der Waals surface area (Å²) in [6.07, 6.45) is 0. The first-order chi connectivity index (χ1) is 10.1. The maximum Gasteiger partial charge on any atom is 0.292 e. The lowest BCUT2D eigenvalue weighted by atomic mass is 10.1. The first kappa shape index (κ1) is 15.0. The predicted molar refractivity (Wildman–Crippen MR) is 83.7 cm³/mol. The largest absolute Gasteiger partial charge is 0.393 e. The Hall–Kier alpha value is -2.40. The molecule has 21 heavy (non-hydrogen) atoms. The maximum atomic E-state index is 10.9. The van der Waals surface area contributed by atoms with E-state index >= 15 is 0 Å². The van der Waals surface area contributed by atoms with E-state index in [-0.39, 0.29) is 11.4 Å². The second kappa shape index (κ2) is 6.85. The van der Waals surface area contributed by atoms with Crippen molar-refractivity contribution in [2.75, 3.05) is 12.3 Å². The molecule has 2 aromatic carbocycles. The third-order valence-corrected chi connectivity index (χ3v) is 3.39. The number of hydrogen-bond donors (Lipinski definition) is 1. The Bertz CT molecular complexity index is 614.